The second kappa shape index (κ2) is 3.26. The van der Waals surface area contributed by atoms with Crippen molar-refractivity contribution in [3.8, 4) is 10.7 Å². The van der Waals surface area contributed by atoms with Crippen LogP contribution < -0.4 is 0 Å². The van der Waals surface area contributed by atoms with Crippen molar-refractivity contribution in [1.82, 2.24) is 20.4 Å². The molecule has 2 heterocycles. The fraction of sp³-hybridized carbons (Fsp3) is 0.375. The lowest BCUT2D eigenvalue weighted by Crippen LogP contribution is -1.77. The fourth-order valence-electron chi connectivity index (χ4n) is 0.977. The zero-order valence-corrected chi connectivity index (χ0v) is 8.30. The fourth-order valence-corrected chi connectivity index (χ4v) is 1.85. The third kappa shape index (κ3) is 1.60. The summed E-state index contributed by atoms with van der Waals surface area (Å²) in [5, 5.41) is 11.2. The van der Waals surface area contributed by atoms with E-state index in [4.69, 9.17) is 0 Å². The van der Waals surface area contributed by atoms with E-state index < -0.39 is 0 Å². The highest BCUT2D eigenvalue weighted by Gasteiger charge is 2.08. The average molecular weight is 194 g/mol. The molecule has 13 heavy (non-hydrogen) atoms. The molecule has 1 N–H and O–H groups in total. The minimum atomic E-state index is 0.526. The van der Waals surface area contributed by atoms with E-state index in [2.05, 4.69) is 34.2 Å². The lowest BCUT2D eigenvalue weighted by atomic mass is 10.2. The van der Waals surface area contributed by atoms with E-state index in [1.807, 2.05) is 6.20 Å². The van der Waals surface area contributed by atoms with E-state index in [-0.39, 0.29) is 0 Å². The van der Waals surface area contributed by atoms with Gasteiger partial charge in [0, 0.05) is 11.1 Å². The molecular formula is C8H10N4S. The highest BCUT2D eigenvalue weighted by molar-refractivity contribution is 7.15. The van der Waals surface area contributed by atoms with Crippen molar-refractivity contribution in [2.24, 2.45) is 0 Å². The van der Waals surface area contributed by atoms with E-state index in [0.717, 1.165) is 10.7 Å². The Balaban J connectivity index is 2.33. The number of H-pyrrole nitrogens is 1. The van der Waals surface area contributed by atoms with E-state index in [1.165, 1.54) is 4.88 Å². The van der Waals surface area contributed by atoms with Gasteiger partial charge >= 0.3 is 0 Å². The van der Waals surface area contributed by atoms with Crippen molar-refractivity contribution < 1.29 is 0 Å². The number of aromatic nitrogens is 4. The molecule has 0 bridgehead atoms. The summed E-state index contributed by atoms with van der Waals surface area (Å²) in [6, 6.07) is 0. The maximum absolute atomic E-state index is 4.28. The first kappa shape index (κ1) is 8.37. The van der Waals surface area contributed by atoms with Crippen molar-refractivity contribution in [2.45, 2.75) is 19.8 Å². The molecule has 5 heteroatoms. The van der Waals surface area contributed by atoms with Crippen molar-refractivity contribution >= 4 is 11.3 Å². The lowest BCUT2D eigenvalue weighted by Gasteiger charge is -1.95. The number of thiazole rings is 1. The van der Waals surface area contributed by atoms with Crippen LogP contribution in [0, 0.1) is 0 Å². The van der Waals surface area contributed by atoms with Gasteiger partial charge in [-0.05, 0) is 5.92 Å². The van der Waals surface area contributed by atoms with Gasteiger partial charge in [-0.1, -0.05) is 13.8 Å². The van der Waals surface area contributed by atoms with Crippen LogP contribution in [-0.2, 0) is 0 Å². The lowest BCUT2D eigenvalue weighted by molar-refractivity contribution is 0.885. The topological polar surface area (TPSA) is 54.5 Å². The van der Waals surface area contributed by atoms with Gasteiger partial charge < -0.3 is 0 Å². The molecule has 68 valence electrons. The van der Waals surface area contributed by atoms with Crippen molar-refractivity contribution in [3.63, 3.8) is 0 Å². The van der Waals surface area contributed by atoms with Crippen molar-refractivity contribution in [3.05, 3.63) is 17.3 Å². The van der Waals surface area contributed by atoms with Crippen LogP contribution in [0.2, 0.25) is 0 Å². The average Bonchev–Trinajstić information content (AvgIpc) is 2.75. The molecule has 0 radical (unpaired) electrons. The highest BCUT2D eigenvalue weighted by atomic mass is 32.1. The van der Waals surface area contributed by atoms with Gasteiger partial charge in [-0.15, -0.1) is 11.3 Å². The summed E-state index contributed by atoms with van der Waals surface area (Å²) in [5.74, 6) is 0.526. The van der Waals surface area contributed by atoms with Gasteiger partial charge in [-0.2, -0.15) is 15.4 Å². The van der Waals surface area contributed by atoms with Crippen LogP contribution in [-0.4, -0.2) is 20.4 Å². The Kier molecular flexibility index (Phi) is 2.10. The molecule has 0 atom stereocenters. The quantitative estimate of drug-likeness (QED) is 0.796. The normalized spacial score (nSPS) is 11.0. The van der Waals surface area contributed by atoms with Crippen LogP contribution >= 0.6 is 11.3 Å². The largest absolute Gasteiger partial charge is 0.242 e. The van der Waals surface area contributed by atoms with Crippen LogP contribution in [0.4, 0.5) is 0 Å². The second-order valence-corrected chi connectivity index (χ2v) is 4.14. The Bertz CT molecular complexity index is 377. The zero-order chi connectivity index (χ0) is 9.26. The Labute approximate surface area is 80.0 Å². The minimum absolute atomic E-state index is 0.526. The van der Waals surface area contributed by atoms with E-state index >= 15 is 0 Å². The molecule has 0 saturated heterocycles. The monoisotopic (exact) mass is 194 g/mol. The number of rotatable bonds is 2. The van der Waals surface area contributed by atoms with Gasteiger partial charge in [0.2, 0.25) is 0 Å². The Morgan fingerprint density at radius 2 is 2.23 bits per heavy atom. The van der Waals surface area contributed by atoms with Crippen LogP contribution in [0.3, 0.4) is 0 Å². The Morgan fingerprint density at radius 3 is 2.77 bits per heavy atom. The maximum Gasteiger partial charge on any atom is 0.145 e. The number of hydrogen-bond acceptors (Lipinski definition) is 4. The van der Waals surface area contributed by atoms with Crippen LogP contribution in [0.15, 0.2) is 12.4 Å². The van der Waals surface area contributed by atoms with Crippen molar-refractivity contribution in [2.75, 3.05) is 0 Å². The standard InChI is InChI=1S/C8H10N4S/c1-5(2)7-4-9-8(13-7)6-3-10-12-11-6/h3-5H,1-2H3,(H,10,11,12). The van der Waals surface area contributed by atoms with Gasteiger partial charge in [0.1, 0.15) is 10.7 Å². The summed E-state index contributed by atoms with van der Waals surface area (Å²) in [5.41, 5.74) is 0.817. The maximum atomic E-state index is 4.28. The third-order valence-electron chi connectivity index (χ3n) is 1.73. The van der Waals surface area contributed by atoms with E-state index in [1.54, 1.807) is 17.5 Å². The second-order valence-electron chi connectivity index (χ2n) is 3.08. The number of nitrogens with one attached hydrogen (secondary N) is 1. The summed E-state index contributed by atoms with van der Waals surface area (Å²) in [6.07, 6.45) is 3.59. The number of hydrogen-bond donors (Lipinski definition) is 1. The molecule has 0 fully saturated rings. The molecule has 2 aromatic heterocycles. The highest BCUT2D eigenvalue weighted by Crippen LogP contribution is 2.27. The van der Waals surface area contributed by atoms with Crippen molar-refractivity contribution in [1.29, 1.82) is 0 Å². The molecule has 0 aliphatic heterocycles. The third-order valence-corrected chi connectivity index (χ3v) is 3.05. The first-order valence-electron chi connectivity index (χ1n) is 4.09. The summed E-state index contributed by atoms with van der Waals surface area (Å²) in [6.45, 7) is 4.31. The summed E-state index contributed by atoms with van der Waals surface area (Å²) < 4.78 is 0. The smallest absolute Gasteiger partial charge is 0.145 e. The molecule has 0 aliphatic carbocycles. The molecule has 2 aromatic rings. The first-order chi connectivity index (χ1) is 6.27. The van der Waals surface area contributed by atoms with Crippen LogP contribution in [0.1, 0.15) is 24.6 Å². The molecule has 0 unspecified atom stereocenters. The molecule has 0 spiro atoms. The van der Waals surface area contributed by atoms with Crippen LogP contribution in [0.25, 0.3) is 10.7 Å². The van der Waals surface area contributed by atoms with Gasteiger partial charge in [-0.25, -0.2) is 4.98 Å². The molecule has 2 rings (SSSR count). The Morgan fingerprint density at radius 1 is 1.38 bits per heavy atom. The van der Waals surface area contributed by atoms with E-state index in [0.29, 0.717) is 5.92 Å². The number of nitrogens with zero attached hydrogens (tertiary/aromatic N) is 3. The molecule has 4 nitrogen and oxygen atoms in total. The molecule has 0 aromatic carbocycles. The zero-order valence-electron chi connectivity index (χ0n) is 7.48. The first-order valence-corrected chi connectivity index (χ1v) is 4.91. The predicted molar refractivity (Wildman–Crippen MR) is 51.6 cm³/mol. The molecular weight excluding hydrogens is 184 g/mol. The van der Waals surface area contributed by atoms with Gasteiger partial charge in [-0.3, -0.25) is 0 Å². The predicted octanol–water partition coefficient (Wildman–Crippen LogP) is 2.05. The number of aromatic amines is 1. The Hall–Kier alpha value is -1.23. The molecule has 0 amide bonds. The van der Waals surface area contributed by atoms with Crippen LogP contribution in [0.5, 0.6) is 0 Å². The van der Waals surface area contributed by atoms with Gasteiger partial charge in [0.15, 0.2) is 0 Å². The molecule has 0 saturated carbocycles. The van der Waals surface area contributed by atoms with Gasteiger partial charge in [0.05, 0.1) is 6.20 Å². The summed E-state index contributed by atoms with van der Waals surface area (Å²) in [7, 11) is 0. The molecule has 0 aliphatic rings. The SMILES string of the molecule is CC(C)c1cnc(-c2cn[nH]n2)s1. The summed E-state index contributed by atoms with van der Waals surface area (Å²) >= 11 is 1.67. The van der Waals surface area contributed by atoms with Gasteiger partial charge in [0.25, 0.3) is 0 Å². The van der Waals surface area contributed by atoms with E-state index in [9.17, 15) is 0 Å². The minimum Gasteiger partial charge on any atom is -0.242 e. The summed E-state index contributed by atoms with van der Waals surface area (Å²) in [4.78, 5) is 5.55.